The van der Waals surface area contributed by atoms with Crippen LogP contribution in [0.4, 0.5) is 0 Å². The number of nitrogens with zero attached hydrogens (tertiary/aromatic N) is 2. The molecule has 25 heavy (non-hydrogen) atoms. The summed E-state index contributed by atoms with van der Waals surface area (Å²) in [5.74, 6) is 0.534. The Morgan fingerprint density at radius 1 is 1.08 bits per heavy atom. The smallest absolute Gasteiger partial charge is 0.303 e. The third-order valence-electron chi connectivity index (χ3n) is 3.86. The Bertz CT molecular complexity index is 695. The molecular weight excluding hydrogens is 320 g/mol. The van der Waals surface area contributed by atoms with E-state index in [0.717, 1.165) is 43.5 Å². The molecule has 0 saturated heterocycles. The van der Waals surface area contributed by atoms with Gasteiger partial charge in [-0.3, -0.25) is 14.7 Å². The minimum absolute atomic E-state index is 0.0939. The van der Waals surface area contributed by atoms with E-state index in [4.69, 9.17) is 5.11 Å². The lowest BCUT2D eigenvalue weighted by molar-refractivity contribution is -0.137. The Labute approximate surface area is 146 Å². The number of aromatic nitrogens is 3. The lowest BCUT2D eigenvalue weighted by Crippen LogP contribution is -2.24. The largest absolute Gasteiger partial charge is 0.481 e. The molecule has 3 N–H and O–H groups in total. The Kier molecular flexibility index (Phi) is 7.13. The van der Waals surface area contributed by atoms with Gasteiger partial charge in [0.05, 0.1) is 0 Å². The molecule has 1 heterocycles. The highest BCUT2D eigenvalue weighted by atomic mass is 16.4. The Hall–Kier alpha value is -2.70. The van der Waals surface area contributed by atoms with Crippen molar-refractivity contribution in [1.29, 1.82) is 0 Å². The molecule has 0 fully saturated rings. The number of carbonyl (C=O) groups excluding carboxylic acids is 1. The van der Waals surface area contributed by atoms with E-state index in [1.54, 1.807) is 12.1 Å². The van der Waals surface area contributed by atoms with Crippen LogP contribution in [0.3, 0.4) is 0 Å². The van der Waals surface area contributed by atoms with Gasteiger partial charge >= 0.3 is 5.97 Å². The molecule has 7 heteroatoms. The van der Waals surface area contributed by atoms with Crippen molar-refractivity contribution in [3.63, 3.8) is 0 Å². The normalized spacial score (nSPS) is 10.6. The third kappa shape index (κ3) is 6.37. The fourth-order valence-electron chi connectivity index (χ4n) is 2.48. The number of carboxylic acid groups (broad SMARTS) is 1. The van der Waals surface area contributed by atoms with E-state index in [1.165, 1.54) is 0 Å². The van der Waals surface area contributed by atoms with Gasteiger partial charge < -0.3 is 10.4 Å². The van der Waals surface area contributed by atoms with Crippen LogP contribution in [0, 0.1) is 6.92 Å². The predicted octanol–water partition coefficient (Wildman–Crippen LogP) is 2.94. The van der Waals surface area contributed by atoms with Gasteiger partial charge in [-0.15, -0.1) is 0 Å². The molecule has 0 atom stereocenters. The number of hydrogen-bond acceptors (Lipinski definition) is 4. The van der Waals surface area contributed by atoms with Gasteiger partial charge in [0.1, 0.15) is 5.82 Å². The first-order chi connectivity index (χ1) is 12.1. The summed E-state index contributed by atoms with van der Waals surface area (Å²) in [6.45, 7) is 2.46. The maximum atomic E-state index is 12.1. The highest BCUT2D eigenvalue weighted by molar-refractivity contribution is 5.94. The molecule has 0 aliphatic heterocycles. The maximum absolute atomic E-state index is 12.1. The van der Waals surface area contributed by atoms with Crippen molar-refractivity contribution < 1.29 is 14.7 Å². The van der Waals surface area contributed by atoms with Crippen LogP contribution in [0.5, 0.6) is 0 Å². The van der Waals surface area contributed by atoms with Crippen molar-refractivity contribution in [1.82, 2.24) is 20.5 Å². The average molecular weight is 344 g/mol. The predicted molar refractivity (Wildman–Crippen MR) is 94.2 cm³/mol. The molecular formula is C18H24N4O3. The minimum Gasteiger partial charge on any atom is -0.481 e. The molecule has 0 radical (unpaired) electrons. The van der Waals surface area contributed by atoms with Crippen LogP contribution in [0.1, 0.15) is 54.7 Å². The second kappa shape index (κ2) is 9.56. The molecule has 1 aromatic carbocycles. The van der Waals surface area contributed by atoms with E-state index in [-0.39, 0.29) is 12.3 Å². The number of hydrogen-bond donors (Lipinski definition) is 3. The van der Waals surface area contributed by atoms with Crippen LogP contribution in [0.25, 0.3) is 11.4 Å². The van der Waals surface area contributed by atoms with Crippen molar-refractivity contribution in [3.05, 3.63) is 35.7 Å². The number of nitrogens with one attached hydrogen (secondary N) is 2. The zero-order valence-corrected chi connectivity index (χ0v) is 14.4. The van der Waals surface area contributed by atoms with Crippen LogP contribution in [0.15, 0.2) is 24.3 Å². The number of aliphatic carboxylic acids is 1. The van der Waals surface area contributed by atoms with Crippen molar-refractivity contribution in [2.24, 2.45) is 0 Å². The van der Waals surface area contributed by atoms with Gasteiger partial charge in [-0.05, 0) is 31.9 Å². The van der Waals surface area contributed by atoms with E-state index in [1.807, 2.05) is 19.1 Å². The zero-order valence-electron chi connectivity index (χ0n) is 14.4. The molecule has 0 bridgehead atoms. The lowest BCUT2D eigenvalue weighted by Gasteiger charge is -2.06. The van der Waals surface area contributed by atoms with E-state index in [0.29, 0.717) is 17.9 Å². The molecule has 1 amide bonds. The van der Waals surface area contributed by atoms with Gasteiger partial charge in [-0.25, -0.2) is 4.98 Å². The summed E-state index contributed by atoms with van der Waals surface area (Å²) < 4.78 is 0. The monoisotopic (exact) mass is 344 g/mol. The van der Waals surface area contributed by atoms with Gasteiger partial charge in [0.2, 0.25) is 0 Å². The van der Waals surface area contributed by atoms with Crippen molar-refractivity contribution in [2.45, 2.75) is 45.4 Å². The average Bonchev–Trinajstić information content (AvgIpc) is 3.03. The Morgan fingerprint density at radius 2 is 1.76 bits per heavy atom. The van der Waals surface area contributed by atoms with Gasteiger partial charge in [0.25, 0.3) is 5.91 Å². The number of amides is 1. The first kappa shape index (κ1) is 18.6. The number of aryl methyl sites for hydroxylation is 1. The van der Waals surface area contributed by atoms with E-state index in [2.05, 4.69) is 20.5 Å². The van der Waals surface area contributed by atoms with Crippen molar-refractivity contribution in [2.75, 3.05) is 6.54 Å². The highest BCUT2D eigenvalue weighted by Crippen LogP contribution is 2.15. The zero-order chi connectivity index (χ0) is 18.1. The van der Waals surface area contributed by atoms with Gasteiger partial charge in [-0.2, -0.15) is 5.10 Å². The van der Waals surface area contributed by atoms with E-state index in [9.17, 15) is 9.59 Å². The Morgan fingerprint density at radius 3 is 2.40 bits per heavy atom. The number of H-pyrrole nitrogens is 1. The molecule has 0 aliphatic carbocycles. The van der Waals surface area contributed by atoms with Gasteiger partial charge in [0, 0.05) is 24.1 Å². The number of rotatable bonds is 10. The molecule has 7 nitrogen and oxygen atoms in total. The molecule has 0 spiro atoms. The summed E-state index contributed by atoms with van der Waals surface area (Å²) >= 11 is 0. The van der Waals surface area contributed by atoms with E-state index < -0.39 is 5.97 Å². The van der Waals surface area contributed by atoms with Crippen LogP contribution < -0.4 is 5.32 Å². The fraction of sp³-hybridized carbons (Fsp3) is 0.444. The number of benzene rings is 1. The molecule has 1 aromatic heterocycles. The summed E-state index contributed by atoms with van der Waals surface area (Å²) in [6, 6.07) is 7.20. The maximum Gasteiger partial charge on any atom is 0.303 e. The fourth-order valence-corrected chi connectivity index (χ4v) is 2.48. The molecule has 134 valence electrons. The van der Waals surface area contributed by atoms with Crippen molar-refractivity contribution in [3.8, 4) is 11.4 Å². The molecule has 2 aromatic rings. The van der Waals surface area contributed by atoms with Crippen LogP contribution >= 0.6 is 0 Å². The summed E-state index contributed by atoms with van der Waals surface area (Å²) in [5.41, 5.74) is 1.47. The van der Waals surface area contributed by atoms with Crippen LogP contribution in [0.2, 0.25) is 0 Å². The minimum atomic E-state index is -0.739. The SMILES string of the molecule is Cc1nc(-c2ccc(C(=O)NCCCCCCCC(=O)O)cc2)n[nH]1. The second-order valence-electron chi connectivity index (χ2n) is 5.99. The first-order valence-corrected chi connectivity index (χ1v) is 8.55. The molecule has 0 unspecified atom stereocenters. The third-order valence-corrected chi connectivity index (χ3v) is 3.86. The molecule has 2 rings (SSSR count). The summed E-state index contributed by atoms with van der Waals surface area (Å²) in [4.78, 5) is 26.7. The van der Waals surface area contributed by atoms with Gasteiger partial charge in [-0.1, -0.05) is 31.4 Å². The summed E-state index contributed by atoms with van der Waals surface area (Å²) in [5, 5.41) is 18.3. The second-order valence-corrected chi connectivity index (χ2v) is 5.99. The quantitative estimate of drug-likeness (QED) is 0.574. The standard InChI is InChI=1S/C18H24N4O3/c1-13-20-17(22-21-13)14-8-10-15(11-9-14)18(25)19-12-6-4-2-3-5-7-16(23)24/h8-11H,2-7,12H2,1H3,(H,19,25)(H,23,24)(H,20,21,22). The Balaban J connectivity index is 1.66. The van der Waals surface area contributed by atoms with Gasteiger partial charge in [0.15, 0.2) is 5.82 Å². The number of aromatic amines is 1. The first-order valence-electron chi connectivity index (χ1n) is 8.55. The van der Waals surface area contributed by atoms with Crippen LogP contribution in [-0.4, -0.2) is 38.7 Å². The summed E-state index contributed by atoms with van der Waals surface area (Å²) in [7, 11) is 0. The van der Waals surface area contributed by atoms with E-state index >= 15 is 0 Å². The number of carbonyl (C=O) groups is 2. The molecule has 0 saturated carbocycles. The number of carboxylic acids is 1. The number of unbranched alkanes of at least 4 members (excludes halogenated alkanes) is 4. The van der Waals surface area contributed by atoms with Crippen LogP contribution in [-0.2, 0) is 4.79 Å². The van der Waals surface area contributed by atoms with Crippen molar-refractivity contribution >= 4 is 11.9 Å². The highest BCUT2D eigenvalue weighted by Gasteiger charge is 2.07. The lowest BCUT2D eigenvalue weighted by atomic mass is 10.1. The topological polar surface area (TPSA) is 108 Å². The molecule has 0 aliphatic rings. The summed E-state index contributed by atoms with van der Waals surface area (Å²) in [6.07, 6.45) is 4.76.